The lowest BCUT2D eigenvalue weighted by molar-refractivity contribution is -0.0234. The van der Waals surface area contributed by atoms with Crippen LogP contribution in [-0.4, -0.2) is 60.5 Å². The van der Waals surface area contributed by atoms with Crippen molar-refractivity contribution < 1.29 is 17.5 Å². The van der Waals surface area contributed by atoms with Crippen LogP contribution in [0.4, 0.5) is 10.1 Å². The summed E-state index contributed by atoms with van der Waals surface area (Å²) in [6, 6.07) is 7.11. The number of nitriles is 1. The smallest absolute Gasteiger partial charge is 0.287 e. The minimum atomic E-state index is -3.80. The molecule has 0 aliphatic carbocycles. The molecule has 0 spiro atoms. The van der Waals surface area contributed by atoms with E-state index in [1.807, 2.05) is 19.9 Å². The molecule has 0 unspecified atom stereocenters. The molecule has 37 heavy (non-hydrogen) atoms. The molecule has 200 valence electrons. The number of rotatable bonds is 7. The molecule has 3 atom stereocenters. The molecular weight excluding hydrogens is 521 g/mol. The predicted octanol–water partition coefficient (Wildman–Crippen LogP) is 3.75. The predicted molar refractivity (Wildman–Crippen MR) is 138 cm³/mol. The Morgan fingerprint density at radius 2 is 2.08 bits per heavy atom. The molecule has 2 aliphatic rings. The SMILES string of the molecule is CC(C)[C@H]1C[C@@H](n2ncc(NC[C@@]3(F)CCCOC3)c(Cl)c2=O)CCN1S(=O)(=O)c1ccc(C#N)cc1. The summed E-state index contributed by atoms with van der Waals surface area (Å²) in [7, 11) is -3.80. The Morgan fingerprint density at radius 3 is 2.70 bits per heavy atom. The Balaban J connectivity index is 1.52. The van der Waals surface area contributed by atoms with E-state index in [0.29, 0.717) is 37.9 Å². The van der Waals surface area contributed by atoms with E-state index < -0.39 is 21.3 Å². The quantitative estimate of drug-likeness (QED) is 0.557. The number of nitrogens with zero attached hydrogens (tertiary/aromatic N) is 4. The molecule has 12 heteroatoms. The van der Waals surface area contributed by atoms with Crippen molar-refractivity contribution >= 4 is 27.3 Å². The number of alkyl halides is 1. The van der Waals surface area contributed by atoms with Gasteiger partial charge in [-0.1, -0.05) is 25.4 Å². The molecule has 2 fully saturated rings. The molecule has 9 nitrogen and oxygen atoms in total. The summed E-state index contributed by atoms with van der Waals surface area (Å²) in [5.41, 5.74) is -1.40. The number of aromatic nitrogens is 2. The van der Waals surface area contributed by atoms with Gasteiger partial charge in [0.05, 0.1) is 47.6 Å². The highest BCUT2D eigenvalue weighted by Gasteiger charge is 2.40. The van der Waals surface area contributed by atoms with Gasteiger partial charge >= 0.3 is 0 Å². The minimum absolute atomic E-state index is 0.0113. The van der Waals surface area contributed by atoms with Crippen LogP contribution in [-0.2, 0) is 14.8 Å². The van der Waals surface area contributed by atoms with Crippen LogP contribution in [0.5, 0.6) is 0 Å². The molecular formula is C25H31ClFN5O4S. The van der Waals surface area contributed by atoms with Crippen molar-refractivity contribution in [3.8, 4) is 6.07 Å². The van der Waals surface area contributed by atoms with Gasteiger partial charge < -0.3 is 10.1 Å². The fourth-order valence-corrected chi connectivity index (χ4v) is 6.94. The fraction of sp³-hybridized carbons (Fsp3) is 0.560. The van der Waals surface area contributed by atoms with Gasteiger partial charge in [0.1, 0.15) is 5.02 Å². The van der Waals surface area contributed by atoms with E-state index in [4.69, 9.17) is 21.6 Å². The summed E-state index contributed by atoms with van der Waals surface area (Å²) in [5.74, 6) is -0.0264. The monoisotopic (exact) mass is 551 g/mol. The fourth-order valence-electron chi connectivity index (χ4n) is 4.96. The first-order chi connectivity index (χ1) is 17.6. The number of hydrogen-bond acceptors (Lipinski definition) is 7. The molecule has 1 aromatic carbocycles. The van der Waals surface area contributed by atoms with E-state index in [-0.39, 0.29) is 53.3 Å². The lowest BCUT2D eigenvalue weighted by Gasteiger charge is -2.40. The van der Waals surface area contributed by atoms with E-state index in [2.05, 4.69) is 10.4 Å². The van der Waals surface area contributed by atoms with Crippen molar-refractivity contribution in [3.63, 3.8) is 0 Å². The summed E-state index contributed by atoms with van der Waals surface area (Å²) < 4.78 is 49.8. The number of anilines is 1. The van der Waals surface area contributed by atoms with Crippen molar-refractivity contribution in [1.82, 2.24) is 14.1 Å². The molecule has 4 rings (SSSR count). The first kappa shape index (κ1) is 27.5. The molecule has 2 saturated heterocycles. The highest BCUT2D eigenvalue weighted by atomic mass is 35.5. The van der Waals surface area contributed by atoms with E-state index in [0.717, 1.165) is 0 Å². The van der Waals surface area contributed by atoms with E-state index >= 15 is 0 Å². The van der Waals surface area contributed by atoms with Crippen LogP contribution in [0.15, 0.2) is 40.2 Å². The number of benzene rings is 1. The van der Waals surface area contributed by atoms with Crippen molar-refractivity contribution in [3.05, 3.63) is 51.4 Å². The maximum atomic E-state index is 14.9. The van der Waals surface area contributed by atoms with Gasteiger partial charge in [0.15, 0.2) is 5.67 Å². The Labute approximate surface area is 221 Å². The summed E-state index contributed by atoms with van der Waals surface area (Å²) in [4.78, 5) is 13.2. The maximum absolute atomic E-state index is 14.9. The van der Waals surface area contributed by atoms with Crippen molar-refractivity contribution in [2.75, 3.05) is 31.6 Å². The summed E-state index contributed by atoms with van der Waals surface area (Å²) in [6.45, 7) is 4.56. The van der Waals surface area contributed by atoms with Gasteiger partial charge in [-0.05, 0) is 55.9 Å². The number of piperidine rings is 1. The van der Waals surface area contributed by atoms with E-state index in [9.17, 15) is 17.6 Å². The van der Waals surface area contributed by atoms with Crippen molar-refractivity contribution in [2.45, 2.75) is 62.2 Å². The zero-order chi connectivity index (χ0) is 26.8. The summed E-state index contributed by atoms with van der Waals surface area (Å²) >= 11 is 6.37. The van der Waals surface area contributed by atoms with E-state index in [1.165, 1.54) is 39.4 Å². The number of hydrogen-bond donors (Lipinski definition) is 1. The van der Waals surface area contributed by atoms with Crippen molar-refractivity contribution in [1.29, 1.82) is 5.26 Å². The van der Waals surface area contributed by atoms with Crippen LogP contribution in [0.1, 0.15) is 51.1 Å². The average molecular weight is 552 g/mol. The second-order valence-corrected chi connectivity index (χ2v) is 12.3. The molecule has 2 aromatic rings. The highest BCUT2D eigenvalue weighted by Crippen LogP contribution is 2.34. The van der Waals surface area contributed by atoms with Gasteiger partial charge in [0.25, 0.3) is 5.56 Å². The summed E-state index contributed by atoms with van der Waals surface area (Å²) in [6.07, 6.45) is 3.17. The van der Waals surface area contributed by atoms with E-state index in [1.54, 1.807) is 0 Å². The second kappa shape index (κ2) is 11.1. The first-order valence-corrected chi connectivity index (χ1v) is 14.2. The third-order valence-corrected chi connectivity index (χ3v) is 9.39. The van der Waals surface area contributed by atoms with Crippen LogP contribution in [0.2, 0.25) is 5.02 Å². The molecule has 3 heterocycles. The van der Waals surface area contributed by atoms with Crippen LogP contribution in [0, 0.1) is 17.2 Å². The number of nitrogens with one attached hydrogen (secondary N) is 1. The molecule has 2 aliphatic heterocycles. The van der Waals surface area contributed by atoms with Crippen LogP contribution in [0.3, 0.4) is 0 Å². The Hall–Kier alpha value is -2.52. The third kappa shape index (κ3) is 5.82. The highest BCUT2D eigenvalue weighted by molar-refractivity contribution is 7.89. The Kier molecular flexibility index (Phi) is 8.23. The van der Waals surface area contributed by atoms with Gasteiger partial charge in [-0.25, -0.2) is 17.5 Å². The molecule has 0 amide bonds. The lowest BCUT2D eigenvalue weighted by Crippen LogP contribution is -2.50. The second-order valence-electron chi connectivity index (χ2n) is 10.0. The zero-order valence-electron chi connectivity index (χ0n) is 20.9. The normalized spacial score (nSPS) is 25.1. The van der Waals surface area contributed by atoms with Gasteiger partial charge in [0.2, 0.25) is 10.0 Å². The molecule has 1 aromatic heterocycles. The topological polar surface area (TPSA) is 117 Å². The number of sulfonamides is 1. The van der Waals surface area contributed by atoms with Gasteiger partial charge in [0, 0.05) is 19.2 Å². The largest absolute Gasteiger partial charge is 0.379 e. The minimum Gasteiger partial charge on any atom is -0.379 e. The lowest BCUT2D eigenvalue weighted by atomic mass is 9.91. The maximum Gasteiger partial charge on any atom is 0.287 e. The van der Waals surface area contributed by atoms with Crippen LogP contribution >= 0.6 is 11.6 Å². The van der Waals surface area contributed by atoms with Gasteiger partial charge in [-0.2, -0.15) is 14.7 Å². The number of ether oxygens (including phenoxy) is 1. The van der Waals surface area contributed by atoms with Crippen LogP contribution in [0.25, 0.3) is 0 Å². The molecule has 1 N–H and O–H groups in total. The standard InChI is InChI=1S/C25H31ClFN5O4S/c1-17(2)22-12-19(8-10-31(22)37(34,35)20-6-4-18(13-28)5-7-20)32-24(33)23(26)21(14-30-32)29-15-25(27)9-3-11-36-16-25/h4-7,14,17,19,22,29H,3,8-12,15-16H2,1-2H3/t19-,22+,25-/m0/s1. The Morgan fingerprint density at radius 1 is 1.35 bits per heavy atom. The van der Waals surface area contributed by atoms with Crippen molar-refractivity contribution in [2.24, 2.45) is 5.92 Å². The number of halogens is 2. The van der Waals surface area contributed by atoms with Gasteiger partial charge in [-0.3, -0.25) is 4.79 Å². The Bertz CT molecular complexity index is 1320. The zero-order valence-corrected chi connectivity index (χ0v) is 22.4. The van der Waals surface area contributed by atoms with Crippen LogP contribution < -0.4 is 10.9 Å². The van der Waals surface area contributed by atoms with Gasteiger partial charge in [-0.15, -0.1) is 0 Å². The third-order valence-electron chi connectivity index (χ3n) is 7.09. The summed E-state index contributed by atoms with van der Waals surface area (Å²) in [5, 5.41) is 16.2. The first-order valence-electron chi connectivity index (χ1n) is 12.4. The molecule has 0 saturated carbocycles. The molecule has 0 radical (unpaired) electrons. The molecule has 0 bridgehead atoms. The average Bonchev–Trinajstić information content (AvgIpc) is 2.89.